The Morgan fingerprint density at radius 2 is 2.03 bits per heavy atom. The molecule has 3 heterocycles. The minimum atomic E-state index is -0.414. The summed E-state index contributed by atoms with van der Waals surface area (Å²) in [5.74, 6) is 7.34. The van der Waals surface area contributed by atoms with E-state index < -0.39 is 5.82 Å². The first-order valence-electron chi connectivity index (χ1n) is 13.0. The van der Waals surface area contributed by atoms with Crippen LogP contribution in [0.3, 0.4) is 0 Å². The van der Waals surface area contributed by atoms with Crippen molar-refractivity contribution in [1.82, 2.24) is 25.1 Å². The number of likely N-dealkylation sites (tertiary alicyclic amines) is 1. The Bertz CT molecular complexity index is 1500. The number of halogens is 1. The summed E-state index contributed by atoms with van der Waals surface area (Å²) in [5, 5.41) is 23.0. The summed E-state index contributed by atoms with van der Waals surface area (Å²) in [6.07, 6.45) is 4.43. The highest BCUT2D eigenvalue weighted by Gasteiger charge is 2.17. The molecule has 39 heavy (non-hydrogen) atoms. The van der Waals surface area contributed by atoms with Crippen molar-refractivity contribution in [2.75, 3.05) is 36.9 Å². The molecule has 9 nitrogen and oxygen atoms in total. The highest BCUT2D eigenvalue weighted by atomic mass is 19.1. The van der Waals surface area contributed by atoms with Gasteiger partial charge in [0.15, 0.2) is 5.82 Å². The number of hydrogen-bond donors (Lipinski definition) is 4. The van der Waals surface area contributed by atoms with Gasteiger partial charge in [-0.2, -0.15) is 5.10 Å². The molecule has 0 spiro atoms. The molecule has 0 radical (unpaired) electrons. The molecular formula is C29H30FN7O2. The molecule has 1 saturated heterocycles. The van der Waals surface area contributed by atoms with E-state index in [1.807, 2.05) is 18.2 Å². The second kappa shape index (κ2) is 12.5. The molecule has 2 aromatic carbocycles. The first-order valence-corrected chi connectivity index (χ1v) is 13.0. The Morgan fingerprint density at radius 3 is 2.85 bits per heavy atom. The summed E-state index contributed by atoms with van der Waals surface area (Å²) in [6.45, 7) is 3.27. The minimum Gasteiger partial charge on any atom is -0.396 e. The molecule has 5 rings (SSSR count). The standard InChI is InChI=1S/C29H30FN7O2/c30-22-5-3-6-23(15-22)33-28(39)17-24-16-27(36-35-24)34-29-25-8-7-20(14-26(25)31-19-32-29)4-1-2-11-37-12-9-21(18-38)10-13-37/h3,5-8,14-16,19,21,38H,2,9-13,17-18H2,(H,33,39)(H2,31,32,34,35,36). The van der Waals surface area contributed by atoms with E-state index in [1.165, 1.54) is 24.5 Å². The van der Waals surface area contributed by atoms with Crippen LogP contribution in [0.25, 0.3) is 10.9 Å². The van der Waals surface area contributed by atoms with E-state index in [2.05, 4.69) is 47.5 Å². The zero-order valence-corrected chi connectivity index (χ0v) is 21.5. The van der Waals surface area contributed by atoms with E-state index in [0.717, 1.165) is 55.4 Å². The highest BCUT2D eigenvalue weighted by Crippen LogP contribution is 2.23. The van der Waals surface area contributed by atoms with Gasteiger partial charge in [0.25, 0.3) is 0 Å². The van der Waals surface area contributed by atoms with Crippen LogP contribution in [0.5, 0.6) is 0 Å². The number of piperidine rings is 1. The lowest BCUT2D eigenvalue weighted by Crippen LogP contribution is -2.35. The summed E-state index contributed by atoms with van der Waals surface area (Å²) in [6, 6.07) is 13.3. The summed E-state index contributed by atoms with van der Waals surface area (Å²) in [4.78, 5) is 23.5. The molecular weight excluding hydrogens is 497 g/mol. The van der Waals surface area contributed by atoms with Gasteiger partial charge in [0.05, 0.1) is 11.9 Å². The third-order valence-electron chi connectivity index (χ3n) is 6.72. The number of benzene rings is 2. The third-order valence-corrected chi connectivity index (χ3v) is 6.72. The quantitative estimate of drug-likeness (QED) is 0.257. The number of aliphatic hydroxyl groups is 1. The number of nitrogens with one attached hydrogen (secondary N) is 3. The molecule has 2 aromatic heterocycles. The van der Waals surface area contributed by atoms with Crippen molar-refractivity contribution >= 4 is 34.1 Å². The van der Waals surface area contributed by atoms with Crippen molar-refractivity contribution in [3.63, 3.8) is 0 Å². The molecule has 10 heteroatoms. The number of carbonyl (C=O) groups is 1. The number of rotatable bonds is 8. The van der Waals surface area contributed by atoms with Crippen molar-refractivity contribution in [2.24, 2.45) is 5.92 Å². The maximum atomic E-state index is 13.3. The van der Waals surface area contributed by atoms with Crippen LogP contribution in [0.15, 0.2) is 54.9 Å². The Hall–Kier alpha value is -4.33. The molecule has 1 fully saturated rings. The van der Waals surface area contributed by atoms with Gasteiger partial charge in [0.1, 0.15) is 18.0 Å². The maximum Gasteiger partial charge on any atom is 0.230 e. The Labute approximate surface area is 225 Å². The second-order valence-electron chi connectivity index (χ2n) is 9.61. The fraction of sp³-hybridized carbons (Fsp3) is 0.310. The molecule has 0 bridgehead atoms. The monoisotopic (exact) mass is 527 g/mol. The number of aromatic amines is 1. The number of hydrogen-bond acceptors (Lipinski definition) is 7. The van der Waals surface area contributed by atoms with E-state index in [-0.39, 0.29) is 18.9 Å². The summed E-state index contributed by atoms with van der Waals surface area (Å²) in [7, 11) is 0. The van der Waals surface area contributed by atoms with Crippen LogP contribution in [0, 0.1) is 23.6 Å². The van der Waals surface area contributed by atoms with Gasteiger partial charge in [-0.25, -0.2) is 14.4 Å². The first-order chi connectivity index (χ1) is 19.1. The van der Waals surface area contributed by atoms with Gasteiger partial charge in [0.2, 0.25) is 5.91 Å². The van der Waals surface area contributed by atoms with Crippen molar-refractivity contribution < 1.29 is 14.3 Å². The predicted molar refractivity (Wildman–Crippen MR) is 148 cm³/mol. The average Bonchev–Trinajstić information content (AvgIpc) is 3.37. The largest absolute Gasteiger partial charge is 0.396 e. The lowest BCUT2D eigenvalue weighted by molar-refractivity contribution is -0.115. The van der Waals surface area contributed by atoms with E-state index in [4.69, 9.17) is 0 Å². The zero-order chi connectivity index (χ0) is 27.0. The van der Waals surface area contributed by atoms with E-state index in [0.29, 0.717) is 28.9 Å². The van der Waals surface area contributed by atoms with Crippen LogP contribution in [-0.4, -0.2) is 62.3 Å². The minimum absolute atomic E-state index is 0.0542. The van der Waals surface area contributed by atoms with Crippen LogP contribution in [0.4, 0.5) is 21.7 Å². The summed E-state index contributed by atoms with van der Waals surface area (Å²) >= 11 is 0. The van der Waals surface area contributed by atoms with Gasteiger partial charge in [-0.3, -0.25) is 9.89 Å². The normalized spacial score (nSPS) is 14.1. The SMILES string of the molecule is O=C(Cc1cc(Nc2ncnc3cc(C#CCCN4CCC(CO)CC4)ccc23)n[nH]1)Nc1cccc(F)c1. The van der Waals surface area contributed by atoms with Crippen LogP contribution in [0.1, 0.15) is 30.5 Å². The van der Waals surface area contributed by atoms with Crippen molar-refractivity contribution in [3.05, 3.63) is 71.9 Å². The van der Waals surface area contributed by atoms with Crippen LogP contribution in [-0.2, 0) is 11.2 Å². The first kappa shape index (κ1) is 26.3. The highest BCUT2D eigenvalue weighted by molar-refractivity contribution is 5.93. The number of H-pyrrole nitrogens is 1. The lowest BCUT2D eigenvalue weighted by Gasteiger charge is -2.30. The Kier molecular flexibility index (Phi) is 8.41. The van der Waals surface area contributed by atoms with Crippen LogP contribution in [0.2, 0.25) is 0 Å². The van der Waals surface area contributed by atoms with Gasteiger partial charge in [0, 0.05) is 48.0 Å². The number of carbonyl (C=O) groups excluding carboxylic acids is 1. The lowest BCUT2D eigenvalue weighted by atomic mass is 9.98. The number of aliphatic hydroxyl groups excluding tert-OH is 1. The Morgan fingerprint density at radius 1 is 1.15 bits per heavy atom. The molecule has 1 aliphatic heterocycles. The van der Waals surface area contributed by atoms with Gasteiger partial charge < -0.3 is 20.6 Å². The summed E-state index contributed by atoms with van der Waals surface area (Å²) in [5.41, 5.74) is 2.64. The molecule has 0 unspecified atom stereocenters. The molecule has 4 N–H and O–H groups in total. The van der Waals surface area contributed by atoms with Gasteiger partial charge in [-0.05, 0) is 68.2 Å². The fourth-order valence-electron chi connectivity index (χ4n) is 4.59. The van der Waals surface area contributed by atoms with Gasteiger partial charge >= 0.3 is 0 Å². The second-order valence-corrected chi connectivity index (χ2v) is 9.61. The predicted octanol–water partition coefficient (Wildman–Crippen LogP) is 3.86. The van der Waals surface area contributed by atoms with E-state index in [9.17, 15) is 14.3 Å². The topological polar surface area (TPSA) is 119 Å². The van der Waals surface area contributed by atoms with Crippen LogP contribution < -0.4 is 10.6 Å². The number of nitrogens with zero attached hydrogens (tertiary/aromatic N) is 4. The third kappa shape index (κ3) is 7.16. The molecule has 4 aromatic rings. The average molecular weight is 528 g/mol. The van der Waals surface area contributed by atoms with Gasteiger partial charge in [-0.1, -0.05) is 17.9 Å². The number of anilines is 3. The maximum absolute atomic E-state index is 13.3. The van der Waals surface area contributed by atoms with Crippen LogP contribution >= 0.6 is 0 Å². The van der Waals surface area contributed by atoms with Crippen molar-refractivity contribution in [3.8, 4) is 11.8 Å². The van der Waals surface area contributed by atoms with E-state index >= 15 is 0 Å². The molecule has 0 aliphatic carbocycles. The number of fused-ring (bicyclic) bond motifs is 1. The molecule has 1 amide bonds. The van der Waals surface area contributed by atoms with E-state index in [1.54, 1.807) is 12.1 Å². The molecule has 0 saturated carbocycles. The smallest absolute Gasteiger partial charge is 0.230 e. The summed E-state index contributed by atoms with van der Waals surface area (Å²) < 4.78 is 13.3. The van der Waals surface area contributed by atoms with Crippen molar-refractivity contribution in [2.45, 2.75) is 25.7 Å². The number of aromatic nitrogens is 4. The Balaban J connectivity index is 1.17. The number of amides is 1. The fourth-order valence-corrected chi connectivity index (χ4v) is 4.59. The van der Waals surface area contributed by atoms with Crippen molar-refractivity contribution in [1.29, 1.82) is 0 Å². The molecule has 0 atom stereocenters. The molecule has 200 valence electrons. The van der Waals surface area contributed by atoms with Gasteiger partial charge in [-0.15, -0.1) is 0 Å². The molecule has 1 aliphatic rings. The zero-order valence-electron chi connectivity index (χ0n) is 21.5.